The van der Waals surface area contributed by atoms with Crippen LogP contribution in [0.25, 0.3) is 0 Å². The second-order valence-electron chi connectivity index (χ2n) is 7.36. The van der Waals surface area contributed by atoms with Crippen LogP contribution < -0.4 is 20.3 Å². The molecule has 3 amide bonds. The minimum atomic E-state index is -0.610. The standard InChI is InChI=1S/C25H20ClN3O4/c1-15-6-10-19(11-7-15)29-24(31)21(26)22(25(29)32)27-18-5-3-4-16(14-18)23(30)28-17-8-12-20(33-2)13-9-17/h3-14,27H,1-2H3,(H,28,30). The Balaban J connectivity index is 1.51. The summed E-state index contributed by atoms with van der Waals surface area (Å²) in [6.45, 7) is 1.91. The van der Waals surface area contributed by atoms with Gasteiger partial charge in [0.05, 0.1) is 12.8 Å². The van der Waals surface area contributed by atoms with E-state index in [2.05, 4.69) is 10.6 Å². The topological polar surface area (TPSA) is 87.7 Å². The molecule has 0 spiro atoms. The van der Waals surface area contributed by atoms with Crippen LogP contribution in [0.1, 0.15) is 15.9 Å². The van der Waals surface area contributed by atoms with Crippen LogP contribution in [0, 0.1) is 6.92 Å². The Kier molecular flexibility index (Phi) is 6.15. The van der Waals surface area contributed by atoms with Crippen LogP contribution in [0.3, 0.4) is 0 Å². The van der Waals surface area contributed by atoms with Crippen LogP contribution in [0.2, 0.25) is 0 Å². The number of amides is 3. The summed E-state index contributed by atoms with van der Waals surface area (Å²) in [4.78, 5) is 39.3. The smallest absolute Gasteiger partial charge is 0.283 e. The number of nitrogens with zero attached hydrogens (tertiary/aromatic N) is 1. The van der Waals surface area contributed by atoms with E-state index in [1.165, 1.54) is 0 Å². The summed E-state index contributed by atoms with van der Waals surface area (Å²) < 4.78 is 5.11. The molecule has 4 rings (SSSR count). The number of carbonyl (C=O) groups excluding carboxylic acids is 3. The third kappa shape index (κ3) is 4.58. The molecule has 7 nitrogen and oxygen atoms in total. The van der Waals surface area contributed by atoms with Crippen LogP contribution in [0.4, 0.5) is 17.1 Å². The molecule has 3 aromatic carbocycles. The average Bonchev–Trinajstić information content (AvgIpc) is 3.03. The van der Waals surface area contributed by atoms with Crippen molar-refractivity contribution >= 4 is 46.4 Å². The van der Waals surface area contributed by atoms with Crippen LogP contribution in [0.15, 0.2) is 83.5 Å². The summed E-state index contributed by atoms with van der Waals surface area (Å²) in [5.74, 6) is -0.831. The van der Waals surface area contributed by atoms with E-state index in [4.69, 9.17) is 16.3 Å². The van der Waals surface area contributed by atoms with Crippen molar-refractivity contribution < 1.29 is 19.1 Å². The first-order valence-electron chi connectivity index (χ1n) is 10.0. The fourth-order valence-electron chi connectivity index (χ4n) is 3.30. The fourth-order valence-corrected chi connectivity index (χ4v) is 3.51. The van der Waals surface area contributed by atoms with Crippen molar-refractivity contribution in [2.75, 3.05) is 22.6 Å². The molecule has 0 bridgehead atoms. The molecular formula is C25H20ClN3O4. The molecule has 1 heterocycles. The molecule has 0 fully saturated rings. The third-order valence-corrected chi connectivity index (χ3v) is 5.41. The average molecular weight is 462 g/mol. The van der Waals surface area contributed by atoms with Crippen molar-refractivity contribution in [2.24, 2.45) is 0 Å². The summed E-state index contributed by atoms with van der Waals surface area (Å²) in [6, 6.07) is 20.5. The van der Waals surface area contributed by atoms with Gasteiger partial charge in [-0.3, -0.25) is 14.4 Å². The number of hydrogen-bond donors (Lipinski definition) is 2. The first-order valence-corrected chi connectivity index (χ1v) is 10.4. The summed E-state index contributed by atoms with van der Waals surface area (Å²) in [7, 11) is 1.57. The van der Waals surface area contributed by atoms with E-state index >= 15 is 0 Å². The van der Waals surface area contributed by atoms with Gasteiger partial charge in [-0.05, 0) is 61.5 Å². The van der Waals surface area contributed by atoms with Gasteiger partial charge in [-0.25, -0.2) is 4.90 Å². The van der Waals surface area contributed by atoms with Crippen molar-refractivity contribution in [3.05, 3.63) is 94.7 Å². The summed E-state index contributed by atoms with van der Waals surface area (Å²) in [6.07, 6.45) is 0. The molecule has 0 unspecified atom stereocenters. The van der Waals surface area contributed by atoms with E-state index in [1.807, 2.05) is 6.92 Å². The lowest BCUT2D eigenvalue weighted by Gasteiger charge is -2.15. The summed E-state index contributed by atoms with van der Waals surface area (Å²) in [5, 5.41) is 5.48. The van der Waals surface area contributed by atoms with Gasteiger partial charge in [0, 0.05) is 16.9 Å². The zero-order chi connectivity index (χ0) is 23.5. The van der Waals surface area contributed by atoms with Gasteiger partial charge < -0.3 is 15.4 Å². The molecule has 3 aromatic rings. The number of ether oxygens (including phenoxy) is 1. The molecule has 0 saturated carbocycles. The molecule has 1 aliphatic rings. The highest BCUT2D eigenvalue weighted by Crippen LogP contribution is 2.30. The molecule has 0 radical (unpaired) electrons. The maximum Gasteiger partial charge on any atom is 0.283 e. The lowest BCUT2D eigenvalue weighted by Crippen LogP contribution is -2.32. The highest BCUT2D eigenvalue weighted by molar-refractivity contribution is 6.53. The number of rotatable bonds is 6. The number of carbonyl (C=O) groups is 3. The van der Waals surface area contributed by atoms with E-state index in [-0.39, 0.29) is 16.6 Å². The molecule has 1 aliphatic heterocycles. The van der Waals surface area contributed by atoms with Gasteiger partial charge in [-0.2, -0.15) is 0 Å². The first-order chi connectivity index (χ1) is 15.9. The zero-order valence-electron chi connectivity index (χ0n) is 17.9. The van der Waals surface area contributed by atoms with Crippen molar-refractivity contribution in [3.63, 3.8) is 0 Å². The van der Waals surface area contributed by atoms with Crippen LogP contribution in [-0.4, -0.2) is 24.8 Å². The van der Waals surface area contributed by atoms with Gasteiger partial charge in [-0.1, -0.05) is 35.4 Å². The monoisotopic (exact) mass is 461 g/mol. The van der Waals surface area contributed by atoms with Gasteiger partial charge in [0.2, 0.25) is 0 Å². The molecular weight excluding hydrogens is 442 g/mol. The van der Waals surface area contributed by atoms with Crippen LogP contribution in [-0.2, 0) is 9.59 Å². The number of nitrogens with one attached hydrogen (secondary N) is 2. The Labute approximate surface area is 195 Å². The number of benzene rings is 3. The largest absolute Gasteiger partial charge is 0.497 e. The lowest BCUT2D eigenvalue weighted by atomic mass is 10.1. The number of anilines is 3. The van der Waals surface area contributed by atoms with E-state index < -0.39 is 11.8 Å². The summed E-state index contributed by atoms with van der Waals surface area (Å²) in [5.41, 5.74) is 2.79. The predicted octanol–water partition coefficient (Wildman–Crippen LogP) is 4.69. The predicted molar refractivity (Wildman–Crippen MR) is 128 cm³/mol. The maximum atomic E-state index is 12.9. The first kappa shape index (κ1) is 22.1. The Morgan fingerprint density at radius 3 is 2.27 bits per heavy atom. The molecule has 0 aliphatic carbocycles. The van der Waals surface area contributed by atoms with Gasteiger partial charge in [-0.15, -0.1) is 0 Å². The van der Waals surface area contributed by atoms with Crippen molar-refractivity contribution in [1.29, 1.82) is 0 Å². The Hall–Kier alpha value is -4.10. The highest BCUT2D eigenvalue weighted by atomic mass is 35.5. The Morgan fingerprint density at radius 1 is 0.909 bits per heavy atom. The second kappa shape index (κ2) is 9.18. The zero-order valence-corrected chi connectivity index (χ0v) is 18.6. The Bertz CT molecular complexity index is 1270. The number of halogens is 1. The maximum absolute atomic E-state index is 12.9. The third-order valence-electron chi connectivity index (χ3n) is 5.06. The van der Waals surface area contributed by atoms with Gasteiger partial charge in [0.25, 0.3) is 17.7 Å². The molecule has 0 saturated heterocycles. The van der Waals surface area contributed by atoms with Crippen molar-refractivity contribution in [1.82, 2.24) is 0 Å². The quantitative estimate of drug-likeness (QED) is 0.520. The van der Waals surface area contributed by atoms with Gasteiger partial charge in [0.15, 0.2) is 0 Å². The molecule has 0 aromatic heterocycles. The van der Waals surface area contributed by atoms with Gasteiger partial charge in [0.1, 0.15) is 16.5 Å². The van der Waals surface area contributed by atoms with Crippen molar-refractivity contribution in [2.45, 2.75) is 6.92 Å². The lowest BCUT2D eigenvalue weighted by molar-refractivity contribution is -0.120. The molecule has 0 atom stereocenters. The molecule has 8 heteroatoms. The number of methoxy groups -OCH3 is 1. The molecule has 166 valence electrons. The van der Waals surface area contributed by atoms with Crippen LogP contribution in [0.5, 0.6) is 5.75 Å². The van der Waals surface area contributed by atoms with Crippen molar-refractivity contribution in [3.8, 4) is 5.75 Å². The van der Waals surface area contributed by atoms with E-state index in [0.717, 1.165) is 10.5 Å². The van der Waals surface area contributed by atoms with E-state index in [9.17, 15) is 14.4 Å². The number of hydrogen-bond acceptors (Lipinski definition) is 5. The minimum Gasteiger partial charge on any atom is -0.497 e. The normalized spacial score (nSPS) is 13.4. The number of aryl methyl sites for hydroxylation is 1. The van der Waals surface area contributed by atoms with E-state index in [0.29, 0.717) is 28.4 Å². The molecule has 2 N–H and O–H groups in total. The molecule has 33 heavy (non-hydrogen) atoms. The van der Waals surface area contributed by atoms with E-state index in [1.54, 1.807) is 79.9 Å². The summed E-state index contributed by atoms with van der Waals surface area (Å²) >= 11 is 6.20. The SMILES string of the molecule is COc1ccc(NC(=O)c2cccc(NC3=C(Cl)C(=O)N(c4ccc(C)cc4)C3=O)c2)cc1. The Morgan fingerprint density at radius 2 is 1.61 bits per heavy atom. The highest BCUT2D eigenvalue weighted by Gasteiger charge is 2.38. The minimum absolute atomic E-state index is 0.0463. The van der Waals surface area contributed by atoms with Gasteiger partial charge >= 0.3 is 0 Å². The second-order valence-corrected chi connectivity index (χ2v) is 7.74. The fraction of sp³-hybridized carbons (Fsp3) is 0.0800. The van der Waals surface area contributed by atoms with Crippen LogP contribution >= 0.6 is 11.6 Å². The number of imide groups is 1.